The van der Waals surface area contributed by atoms with Crippen LogP contribution in [0.3, 0.4) is 0 Å². The monoisotopic (exact) mass is 374 g/mol. The number of halogens is 2. The highest BCUT2D eigenvalue weighted by Gasteiger charge is 2.29. The summed E-state index contributed by atoms with van der Waals surface area (Å²) in [6, 6.07) is 14.2. The lowest BCUT2D eigenvalue weighted by molar-refractivity contribution is -0.132. The Hall–Kier alpha value is -1.91. The van der Waals surface area contributed by atoms with Crippen molar-refractivity contribution in [2.24, 2.45) is 5.73 Å². The van der Waals surface area contributed by atoms with E-state index < -0.39 is 0 Å². The number of nitrogens with two attached hydrogens (primary N) is 1. The highest BCUT2D eigenvalue weighted by atomic mass is 35.5. The van der Waals surface area contributed by atoms with E-state index in [0.29, 0.717) is 17.0 Å². The fourth-order valence-electron chi connectivity index (χ4n) is 3.63. The van der Waals surface area contributed by atoms with Crippen LogP contribution < -0.4 is 5.73 Å². The van der Waals surface area contributed by atoms with Gasteiger partial charge in [-0.05, 0) is 55.0 Å². The van der Waals surface area contributed by atoms with Crippen molar-refractivity contribution in [3.63, 3.8) is 0 Å². The van der Waals surface area contributed by atoms with Crippen LogP contribution in [-0.2, 0) is 17.6 Å². The minimum Gasteiger partial charge on any atom is -0.339 e. The SMILES string of the molecule is N[C@@H](CC(=O)N1CCCC1Cc1ccc(Cl)cc1)Cc1ccccc1F. The van der Waals surface area contributed by atoms with Crippen molar-refractivity contribution in [2.75, 3.05) is 6.54 Å². The lowest BCUT2D eigenvalue weighted by atomic mass is 10.0. The van der Waals surface area contributed by atoms with Gasteiger partial charge in [-0.15, -0.1) is 0 Å². The molecule has 0 aliphatic carbocycles. The fourth-order valence-corrected chi connectivity index (χ4v) is 3.75. The molecule has 1 aliphatic heterocycles. The molecule has 2 N–H and O–H groups in total. The maximum Gasteiger partial charge on any atom is 0.224 e. The minimum atomic E-state index is -0.379. The molecular formula is C21H24ClFN2O. The standard InChI is InChI=1S/C21H24ClFN2O/c22-17-9-7-15(8-10-17)12-19-5-3-11-25(19)21(26)14-18(24)13-16-4-1-2-6-20(16)23/h1-2,4,6-10,18-19H,3,5,11-14,24H2/t18-,19?/m1/s1. The molecule has 5 heteroatoms. The summed E-state index contributed by atoms with van der Waals surface area (Å²) < 4.78 is 13.8. The van der Waals surface area contributed by atoms with E-state index in [4.69, 9.17) is 17.3 Å². The van der Waals surface area contributed by atoms with Gasteiger partial charge in [0.05, 0.1) is 0 Å². The van der Waals surface area contributed by atoms with Crippen LogP contribution in [0, 0.1) is 5.82 Å². The first-order valence-electron chi connectivity index (χ1n) is 9.06. The molecule has 2 aromatic carbocycles. The second kappa shape index (κ2) is 8.65. The molecule has 1 fully saturated rings. The number of likely N-dealkylation sites (tertiary alicyclic amines) is 1. The number of nitrogens with zero attached hydrogens (tertiary/aromatic N) is 1. The number of hydrogen-bond acceptors (Lipinski definition) is 2. The van der Waals surface area contributed by atoms with Crippen LogP contribution in [0.2, 0.25) is 5.02 Å². The van der Waals surface area contributed by atoms with Gasteiger partial charge in [-0.2, -0.15) is 0 Å². The normalized spacial score (nSPS) is 18.1. The summed E-state index contributed by atoms with van der Waals surface area (Å²) in [7, 11) is 0. The summed E-state index contributed by atoms with van der Waals surface area (Å²) in [4.78, 5) is 14.7. The summed E-state index contributed by atoms with van der Waals surface area (Å²) in [5, 5.41) is 0.715. The maximum absolute atomic E-state index is 13.8. The van der Waals surface area contributed by atoms with Gasteiger partial charge in [0.2, 0.25) is 5.91 Å². The average molecular weight is 375 g/mol. The second-order valence-electron chi connectivity index (χ2n) is 6.97. The van der Waals surface area contributed by atoms with Crippen molar-refractivity contribution in [3.05, 3.63) is 70.5 Å². The molecule has 1 amide bonds. The van der Waals surface area contributed by atoms with Gasteiger partial charge < -0.3 is 10.6 Å². The molecule has 26 heavy (non-hydrogen) atoms. The molecule has 0 spiro atoms. The Morgan fingerprint density at radius 1 is 1.23 bits per heavy atom. The van der Waals surface area contributed by atoms with E-state index >= 15 is 0 Å². The number of carbonyl (C=O) groups excluding carboxylic acids is 1. The van der Waals surface area contributed by atoms with Crippen molar-refractivity contribution >= 4 is 17.5 Å². The van der Waals surface area contributed by atoms with Gasteiger partial charge in [0, 0.05) is 30.1 Å². The van der Waals surface area contributed by atoms with Gasteiger partial charge in [-0.25, -0.2) is 4.39 Å². The van der Waals surface area contributed by atoms with Crippen molar-refractivity contribution < 1.29 is 9.18 Å². The Bertz CT molecular complexity index is 750. The van der Waals surface area contributed by atoms with Gasteiger partial charge >= 0.3 is 0 Å². The largest absolute Gasteiger partial charge is 0.339 e. The molecule has 1 saturated heterocycles. The maximum atomic E-state index is 13.8. The third-order valence-corrected chi connectivity index (χ3v) is 5.21. The van der Waals surface area contributed by atoms with Gasteiger partial charge in [0.1, 0.15) is 5.82 Å². The fraction of sp³-hybridized carbons (Fsp3) is 0.381. The lowest BCUT2D eigenvalue weighted by Gasteiger charge is -2.26. The molecular weight excluding hydrogens is 351 g/mol. The smallest absolute Gasteiger partial charge is 0.224 e. The predicted molar refractivity (Wildman–Crippen MR) is 103 cm³/mol. The Balaban J connectivity index is 1.57. The number of benzene rings is 2. The Morgan fingerprint density at radius 2 is 1.96 bits per heavy atom. The molecule has 0 aromatic heterocycles. The van der Waals surface area contributed by atoms with Crippen LogP contribution in [0.1, 0.15) is 30.4 Å². The first-order chi connectivity index (χ1) is 12.5. The van der Waals surface area contributed by atoms with Gasteiger partial charge in [-0.3, -0.25) is 4.79 Å². The van der Waals surface area contributed by atoms with E-state index in [1.165, 1.54) is 11.6 Å². The summed E-state index contributed by atoms with van der Waals surface area (Å²) in [6.45, 7) is 0.767. The third kappa shape index (κ3) is 4.83. The molecule has 1 unspecified atom stereocenters. The molecule has 138 valence electrons. The zero-order valence-electron chi connectivity index (χ0n) is 14.7. The Morgan fingerprint density at radius 3 is 2.69 bits per heavy atom. The zero-order valence-corrected chi connectivity index (χ0v) is 15.5. The summed E-state index contributed by atoms with van der Waals surface area (Å²) >= 11 is 5.94. The minimum absolute atomic E-state index is 0.0605. The zero-order chi connectivity index (χ0) is 18.5. The first-order valence-corrected chi connectivity index (χ1v) is 9.43. The van der Waals surface area contributed by atoms with Crippen LogP contribution in [0.25, 0.3) is 0 Å². The third-order valence-electron chi connectivity index (χ3n) is 4.96. The topological polar surface area (TPSA) is 46.3 Å². The van der Waals surface area contributed by atoms with E-state index in [-0.39, 0.29) is 30.2 Å². The van der Waals surface area contributed by atoms with Gasteiger partial charge in [0.25, 0.3) is 0 Å². The van der Waals surface area contributed by atoms with E-state index in [1.807, 2.05) is 29.2 Å². The van der Waals surface area contributed by atoms with Gasteiger partial charge in [-0.1, -0.05) is 41.9 Å². The van der Waals surface area contributed by atoms with E-state index in [0.717, 1.165) is 25.8 Å². The van der Waals surface area contributed by atoms with Crippen LogP contribution in [0.5, 0.6) is 0 Å². The predicted octanol–water partition coefficient (Wildman–Crippen LogP) is 3.97. The van der Waals surface area contributed by atoms with E-state index in [1.54, 1.807) is 18.2 Å². The van der Waals surface area contributed by atoms with Crippen molar-refractivity contribution in [1.82, 2.24) is 4.90 Å². The molecule has 1 aliphatic rings. The molecule has 0 radical (unpaired) electrons. The molecule has 3 rings (SSSR count). The average Bonchev–Trinajstić information content (AvgIpc) is 3.07. The number of amides is 1. The summed E-state index contributed by atoms with van der Waals surface area (Å²) in [5.41, 5.74) is 7.87. The first kappa shape index (κ1) is 18.9. The molecule has 3 nitrogen and oxygen atoms in total. The van der Waals surface area contributed by atoms with Gasteiger partial charge in [0.15, 0.2) is 0 Å². The lowest BCUT2D eigenvalue weighted by Crippen LogP contribution is -2.40. The number of carbonyl (C=O) groups is 1. The number of rotatable bonds is 6. The number of hydrogen-bond donors (Lipinski definition) is 1. The molecule has 0 bridgehead atoms. The van der Waals surface area contributed by atoms with Crippen LogP contribution in [0.4, 0.5) is 4.39 Å². The Labute approximate surface area is 158 Å². The van der Waals surface area contributed by atoms with Crippen molar-refractivity contribution in [1.29, 1.82) is 0 Å². The van der Waals surface area contributed by atoms with E-state index in [2.05, 4.69) is 0 Å². The molecule has 0 saturated carbocycles. The van der Waals surface area contributed by atoms with Crippen molar-refractivity contribution in [2.45, 2.75) is 44.2 Å². The van der Waals surface area contributed by atoms with Crippen molar-refractivity contribution in [3.8, 4) is 0 Å². The Kier molecular flexibility index (Phi) is 6.28. The highest BCUT2D eigenvalue weighted by molar-refractivity contribution is 6.30. The quantitative estimate of drug-likeness (QED) is 0.831. The van der Waals surface area contributed by atoms with Crippen LogP contribution in [-0.4, -0.2) is 29.4 Å². The highest BCUT2D eigenvalue weighted by Crippen LogP contribution is 2.23. The second-order valence-corrected chi connectivity index (χ2v) is 7.41. The molecule has 2 atom stereocenters. The molecule has 1 heterocycles. The summed E-state index contributed by atoms with van der Waals surface area (Å²) in [5.74, 6) is -0.206. The van der Waals surface area contributed by atoms with Crippen LogP contribution >= 0.6 is 11.6 Å². The molecule has 2 aromatic rings. The van der Waals surface area contributed by atoms with Crippen LogP contribution in [0.15, 0.2) is 48.5 Å². The van der Waals surface area contributed by atoms with E-state index in [9.17, 15) is 9.18 Å². The summed E-state index contributed by atoms with van der Waals surface area (Å²) in [6.07, 6.45) is 3.44.